The first-order valence-electron chi connectivity index (χ1n) is 7.32. The maximum Gasteiger partial charge on any atom is 0.408 e. The van der Waals surface area contributed by atoms with E-state index in [4.69, 9.17) is 15.6 Å². The summed E-state index contributed by atoms with van der Waals surface area (Å²) in [4.78, 5) is 47.8. The molecule has 0 aromatic heterocycles. The number of alkyl carbamates (subject to hydrolysis) is 1. The van der Waals surface area contributed by atoms with Crippen molar-refractivity contribution in [1.29, 1.82) is 0 Å². The molecule has 0 aromatic carbocycles. The molecule has 9 nitrogen and oxygen atoms in total. The number of amides is 3. The van der Waals surface area contributed by atoms with E-state index in [0.29, 0.717) is 19.4 Å². The smallest absolute Gasteiger partial charge is 0.408 e. The van der Waals surface area contributed by atoms with Crippen molar-refractivity contribution in [2.75, 3.05) is 6.54 Å². The Kier molecular flexibility index (Phi) is 5.94. The Hall–Kier alpha value is -2.32. The Morgan fingerprint density at radius 2 is 1.96 bits per heavy atom. The molecule has 1 saturated heterocycles. The lowest BCUT2D eigenvalue weighted by Gasteiger charge is -2.28. The zero-order valence-corrected chi connectivity index (χ0v) is 13.5. The number of carboxylic acid groups (broad SMARTS) is 1. The summed E-state index contributed by atoms with van der Waals surface area (Å²) < 4.78 is 5.03. The van der Waals surface area contributed by atoms with Crippen molar-refractivity contribution in [2.45, 2.75) is 57.7 Å². The van der Waals surface area contributed by atoms with E-state index in [2.05, 4.69) is 5.32 Å². The lowest BCUT2D eigenvalue weighted by Crippen LogP contribution is -2.54. The normalized spacial score (nSPS) is 19.1. The number of carbonyl (C=O) groups is 4. The maximum atomic E-state index is 12.5. The first-order chi connectivity index (χ1) is 10.5. The van der Waals surface area contributed by atoms with E-state index in [0.717, 1.165) is 0 Å². The van der Waals surface area contributed by atoms with Crippen LogP contribution >= 0.6 is 0 Å². The van der Waals surface area contributed by atoms with Crippen LogP contribution in [0.1, 0.15) is 40.0 Å². The van der Waals surface area contributed by atoms with Crippen LogP contribution in [-0.4, -0.2) is 58.1 Å². The summed E-state index contributed by atoms with van der Waals surface area (Å²) in [7, 11) is 0. The van der Waals surface area contributed by atoms with Crippen LogP contribution in [0.5, 0.6) is 0 Å². The van der Waals surface area contributed by atoms with E-state index >= 15 is 0 Å². The number of hydrogen-bond donors (Lipinski definition) is 3. The van der Waals surface area contributed by atoms with Crippen molar-refractivity contribution in [3.8, 4) is 0 Å². The van der Waals surface area contributed by atoms with Crippen LogP contribution in [0, 0.1) is 0 Å². The SMILES string of the molecule is CC(C)(C)OC(=O)N[C@@H](CC(=O)O)C(=O)N1CCC[C@H]1C(N)=O. The van der Waals surface area contributed by atoms with Crippen LogP contribution in [0.3, 0.4) is 0 Å². The van der Waals surface area contributed by atoms with Gasteiger partial charge in [-0.2, -0.15) is 0 Å². The van der Waals surface area contributed by atoms with Gasteiger partial charge >= 0.3 is 12.1 Å². The van der Waals surface area contributed by atoms with Gasteiger partial charge in [0.05, 0.1) is 6.42 Å². The van der Waals surface area contributed by atoms with E-state index in [1.807, 2.05) is 0 Å². The Balaban J connectivity index is 2.84. The van der Waals surface area contributed by atoms with E-state index in [9.17, 15) is 19.2 Å². The van der Waals surface area contributed by atoms with Crippen LogP contribution in [0.4, 0.5) is 4.79 Å². The molecule has 1 aliphatic heterocycles. The van der Waals surface area contributed by atoms with Gasteiger partial charge in [-0.3, -0.25) is 14.4 Å². The van der Waals surface area contributed by atoms with Crippen LogP contribution in [0.25, 0.3) is 0 Å². The number of primary amides is 1. The first kappa shape index (κ1) is 18.7. The third-order valence-electron chi connectivity index (χ3n) is 3.23. The zero-order valence-electron chi connectivity index (χ0n) is 13.5. The van der Waals surface area contributed by atoms with Gasteiger partial charge in [-0.15, -0.1) is 0 Å². The molecule has 23 heavy (non-hydrogen) atoms. The third kappa shape index (κ3) is 5.76. The minimum Gasteiger partial charge on any atom is -0.481 e. The first-order valence-corrected chi connectivity index (χ1v) is 7.32. The van der Waals surface area contributed by atoms with E-state index < -0.39 is 48.0 Å². The average Bonchev–Trinajstić information content (AvgIpc) is 2.83. The van der Waals surface area contributed by atoms with Gasteiger partial charge in [0.1, 0.15) is 17.7 Å². The molecule has 9 heteroatoms. The third-order valence-corrected chi connectivity index (χ3v) is 3.23. The molecule has 4 N–H and O–H groups in total. The number of rotatable bonds is 5. The van der Waals surface area contributed by atoms with Crippen molar-refractivity contribution in [2.24, 2.45) is 5.73 Å². The number of carbonyl (C=O) groups excluding carboxylic acids is 3. The lowest BCUT2D eigenvalue weighted by molar-refractivity contribution is -0.144. The molecule has 0 radical (unpaired) electrons. The lowest BCUT2D eigenvalue weighted by atomic mass is 10.1. The molecule has 1 aliphatic rings. The topological polar surface area (TPSA) is 139 Å². The van der Waals surface area contributed by atoms with Gasteiger partial charge in [-0.05, 0) is 33.6 Å². The fourth-order valence-corrected chi connectivity index (χ4v) is 2.35. The van der Waals surface area contributed by atoms with Gasteiger partial charge in [-0.1, -0.05) is 0 Å². The largest absolute Gasteiger partial charge is 0.481 e. The molecule has 0 spiro atoms. The summed E-state index contributed by atoms with van der Waals surface area (Å²) in [6, 6.07) is -2.10. The highest BCUT2D eigenvalue weighted by atomic mass is 16.6. The minimum absolute atomic E-state index is 0.290. The van der Waals surface area contributed by atoms with Crippen LogP contribution < -0.4 is 11.1 Å². The second-order valence-electron chi connectivity index (χ2n) is 6.39. The fraction of sp³-hybridized carbons (Fsp3) is 0.714. The summed E-state index contributed by atoms with van der Waals surface area (Å²) in [6.45, 7) is 5.22. The Morgan fingerprint density at radius 1 is 1.35 bits per heavy atom. The molecule has 3 amide bonds. The summed E-state index contributed by atoms with van der Waals surface area (Å²) in [6.07, 6.45) is -0.495. The standard InChI is InChI=1S/C14H23N3O6/c1-14(2,3)23-13(22)16-8(7-10(18)19)12(21)17-6-4-5-9(17)11(15)20/h8-9H,4-7H2,1-3H3,(H2,15,20)(H,16,22)(H,18,19)/t8-,9-/m0/s1. The second kappa shape index (κ2) is 7.30. The average molecular weight is 329 g/mol. The van der Waals surface area contributed by atoms with Gasteiger partial charge in [0.2, 0.25) is 11.8 Å². The van der Waals surface area contributed by atoms with Crippen molar-refractivity contribution in [3.63, 3.8) is 0 Å². The molecule has 1 heterocycles. The molecule has 1 fully saturated rings. The summed E-state index contributed by atoms with van der Waals surface area (Å²) >= 11 is 0. The Bertz CT molecular complexity index is 499. The number of aliphatic carboxylic acids is 1. The van der Waals surface area contributed by atoms with Gasteiger partial charge in [-0.25, -0.2) is 4.79 Å². The molecule has 0 unspecified atom stereocenters. The number of nitrogens with zero attached hydrogens (tertiary/aromatic N) is 1. The molecule has 0 aromatic rings. The maximum absolute atomic E-state index is 12.5. The number of carboxylic acids is 1. The molecule has 0 saturated carbocycles. The highest BCUT2D eigenvalue weighted by molar-refractivity contribution is 5.93. The zero-order chi connectivity index (χ0) is 17.8. The fourth-order valence-electron chi connectivity index (χ4n) is 2.35. The van der Waals surface area contributed by atoms with Crippen molar-refractivity contribution in [3.05, 3.63) is 0 Å². The van der Waals surface area contributed by atoms with Gasteiger partial charge in [0.15, 0.2) is 0 Å². The Labute approximate surface area is 134 Å². The van der Waals surface area contributed by atoms with Crippen molar-refractivity contribution >= 4 is 23.9 Å². The number of hydrogen-bond acceptors (Lipinski definition) is 5. The molecular formula is C14H23N3O6. The molecule has 0 bridgehead atoms. The monoisotopic (exact) mass is 329 g/mol. The highest BCUT2D eigenvalue weighted by Crippen LogP contribution is 2.19. The van der Waals surface area contributed by atoms with Gasteiger partial charge in [0.25, 0.3) is 0 Å². The molecule has 2 atom stereocenters. The van der Waals surface area contributed by atoms with Crippen LogP contribution in [0.15, 0.2) is 0 Å². The van der Waals surface area contributed by atoms with Crippen LogP contribution in [-0.2, 0) is 19.1 Å². The number of nitrogens with one attached hydrogen (secondary N) is 1. The number of ether oxygens (including phenoxy) is 1. The predicted molar refractivity (Wildman–Crippen MR) is 79.3 cm³/mol. The highest BCUT2D eigenvalue weighted by Gasteiger charge is 2.37. The van der Waals surface area contributed by atoms with Gasteiger partial charge in [0, 0.05) is 6.54 Å². The van der Waals surface area contributed by atoms with Crippen LogP contribution in [0.2, 0.25) is 0 Å². The molecular weight excluding hydrogens is 306 g/mol. The molecule has 0 aliphatic carbocycles. The van der Waals surface area contributed by atoms with Gasteiger partial charge < -0.3 is 25.8 Å². The summed E-state index contributed by atoms with van der Waals surface area (Å²) in [5.41, 5.74) is 4.46. The Morgan fingerprint density at radius 3 is 2.43 bits per heavy atom. The summed E-state index contributed by atoms with van der Waals surface area (Å²) in [5.74, 6) is -2.56. The minimum atomic E-state index is -1.32. The van der Waals surface area contributed by atoms with Crippen molar-refractivity contribution in [1.82, 2.24) is 10.2 Å². The van der Waals surface area contributed by atoms with E-state index in [-0.39, 0.29) is 0 Å². The number of nitrogens with two attached hydrogens (primary N) is 1. The van der Waals surface area contributed by atoms with Crippen molar-refractivity contribution < 1.29 is 29.0 Å². The quantitative estimate of drug-likeness (QED) is 0.640. The predicted octanol–water partition coefficient (Wildman–Crippen LogP) is -0.169. The summed E-state index contributed by atoms with van der Waals surface area (Å²) in [5, 5.41) is 11.2. The number of likely N-dealkylation sites (tertiary alicyclic amines) is 1. The van der Waals surface area contributed by atoms with E-state index in [1.165, 1.54) is 4.90 Å². The molecule has 130 valence electrons. The second-order valence-corrected chi connectivity index (χ2v) is 6.39. The van der Waals surface area contributed by atoms with E-state index in [1.54, 1.807) is 20.8 Å². The molecule has 1 rings (SSSR count).